The number of benzene rings is 1. The molecule has 1 aromatic carbocycles. The highest BCUT2D eigenvalue weighted by Gasteiger charge is 2.58. The van der Waals surface area contributed by atoms with Crippen molar-refractivity contribution in [3.63, 3.8) is 0 Å². The van der Waals surface area contributed by atoms with Crippen LogP contribution in [-0.2, 0) is 0 Å². The first-order valence-electron chi connectivity index (χ1n) is 9.01. The van der Waals surface area contributed by atoms with Crippen LogP contribution in [0.25, 0.3) is 0 Å². The Morgan fingerprint density at radius 1 is 1.22 bits per heavy atom. The number of nitriles is 3. The standard InChI is InChI=1S/C21H20ClN5/c1-13(2)27-8-7-16-15(10-27)19(14-5-3-4-6-18(14)22)20(26)17(9-23)21(16,11-24)12-25/h3-7,13,15,17,19,26H,8,10H2,1-2H3/p+1/t15-,17?,19-/m0/s1. The molecule has 0 spiro atoms. The first kappa shape index (κ1) is 19.1. The molecule has 1 saturated carbocycles. The van der Waals surface area contributed by atoms with Gasteiger partial charge in [-0.1, -0.05) is 29.8 Å². The lowest BCUT2D eigenvalue weighted by atomic mass is 9.55. The minimum absolute atomic E-state index is 0.112. The Morgan fingerprint density at radius 2 is 1.89 bits per heavy atom. The Kier molecular flexibility index (Phi) is 5.07. The molecule has 6 heteroatoms. The number of halogens is 1. The van der Waals surface area contributed by atoms with Crippen molar-refractivity contribution in [1.29, 1.82) is 21.2 Å². The summed E-state index contributed by atoms with van der Waals surface area (Å²) in [7, 11) is 0. The predicted octanol–water partition coefficient (Wildman–Crippen LogP) is 2.48. The Hall–Kier alpha value is -2.65. The van der Waals surface area contributed by atoms with Gasteiger partial charge in [0, 0.05) is 22.6 Å². The molecule has 0 aromatic heterocycles. The van der Waals surface area contributed by atoms with Gasteiger partial charge in [0.2, 0.25) is 0 Å². The number of nitrogens with zero attached hydrogens (tertiary/aromatic N) is 3. The van der Waals surface area contributed by atoms with Gasteiger partial charge in [0.05, 0.1) is 37.3 Å². The molecular weight excluding hydrogens is 358 g/mol. The summed E-state index contributed by atoms with van der Waals surface area (Å²) in [5.74, 6) is -1.71. The van der Waals surface area contributed by atoms with E-state index in [4.69, 9.17) is 17.0 Å². The van der Waals surface area contributed by atoms with Crippen LogP contribution < -0.4 is 4.90 Å². The van der Waals surface area contributed by atoms with Crippen LogP contribution in [0, 0.1) is 56.7 Å². The van der Waals surface area contributed by atoms with E-state index in [1.807, 2.05) is 24.3 Å². The summed E-state index contributed by atoms with van der Waals surface area (Å²) in [5, 5.41) is 38.9. The summed E-state index contributed by atoms with van der Waals surface area (Å²) in [4.78, 5) is 1.33. The Morgan fingerprint density at radius 3 is 2.44 bits per heavy atom. The predicted molar refractivity (Wildman–Crippen MR) is 102 cm³/mol. The number of hydrogen-bond acceptors (Lipinski definition) is 4. The van der Waals surface area contributed by atoms with Crippen LogP contribution in [-0.4, -0.2) is 24.8 Å². The van der Waals surface area contributed by atoms with Gasteiger partial charge in [0.15, 0.2) is 5.41 Å². The number of nitrogens with one attached hydrogen (secondary N) is 2. The molecule has 0 amide bonds. The van der Waals surface area contributed by atoms with Crippen LogP contribution in [0.4, 0.5) is 0 Å². The molecule has 1 aliphatic heterocycles. The minimum Gasteiger partial charge on any atom is -0.329 e. The molecule has 1 aromatic rings. The molecule has 5 nitrogen and oxygen atoms in total. The highest BCUT2D eigenvalue weighted by atomic mass is 35.5. The molecule has 1 fully saturated rings. The highest BCUT2D eigenvalue weighted by Crippen LogP contribution is 2.52. The van der Waals surface area contributed by atoms with Gasteiger partial charge in [-0.05, 0) is 37.1 Å². The Labute approximate surface area is 164 Å². The average Bonchev–Trinajstić information content (AvgIpc) is 2.67. The lowest BCUT2D eigenvalue weighted by molar-refractivity contribution is -0.920. The van der Waals surface area contributed by atoms with E-state index in [2.05, 4.69) is 32.1 Å². The zero-order chi connectivity index (χ0) is 19.8. The Bertz CT molecular complexity index is 913. The van der Waals surface area contributed by atoms with E-state index >= 15 is 0 Å². The van der Waals surface area contributed by atoms with E-state index in [-0.39, 0.29) is 11.6 Å². The monoisotopic (exact) mass is 378 g/mol. The fourth-order valence-electron chi connectivity index (χ4n) is 4.45. The van der Waals surface area contributed by atoms with Gasteiger partial charge in [-0.15, -0.1) is 0 Å². The molecule has 4 atom stereocenters. The molecular formula is C21H21ClN5+. The van der Waals surface area contributed by atoms with Gasteiger partial charge >= 0.3 is 0 Å². The third kappa shape index (κ3) is 2.83. The molecule has 0 saturated heterocycles. The summed E-state index contributed by atoms with van der Waals surface area (Å²) < 4.78 is 0. The van der Waals surface area contributed by atoms with Gasteiger partial charge in [-0.25, -0.2) is 0 Å². The number of fused-ring (bicyclic) bond motifs is 1. The van der Waals surface area contributed by atoms with E-state index in [0.29, 0.717) is 29.7 Å². The third-order valence-corrected chi connectivity index (χ3v) is 6.29. The second-order valence-electron chi connectivity index (χ2n) is 7.54. The van der Waals surface area contributed by atoms with Crippen molar-refractivity contribution in [3.05, 3.63) is 46.5 Å². The lowest BCUT2D eigenvalue weighted by Crippen LogP contribution is -3.16. The number of quaternary nitrogens is 1. The van der Waals surface area contributed by atoms with Crippen molar-refractivity contribution >= 4 is 17.3 Å². The quantitative estimate of drug-likeness (QED) is 0.773. The van der Waals surface area contributed by atoms with Crippen molar-refractivity contribution in [2.45, 2.75) is 25.8 Å². The van der Waals surface area contributed by atoms with Gasteiger partial charge in [-0.2, -0.15) is 15.8 Å². The van der Waals surface area contributed by atoms with E-state index in [1.54, 1.807) is 6.07 Å². The maximum Gasteiger partial charge on any atom is 0.186 e. The fourth-order valence-corrected chi connectivity index (χ4v) is 4.70. The number of rotatable bonds is 2. The van der Waals surface area contributed by atoms with Crippen molar-refractivity contribution in [2.24, 2.45) is 17.3 Å². The highest BCUT2D eigenvalue weighted by molar-refractivity contribution is 6.31. The molecule has 27 heavy (non-hydrogen) atoms. The molecule has 3 rings (SSSR count). The van der Waals surface area contributed by atoms with Crippen LogP contribution in [0.5, 0.6) is 0 Å². The van der Waals surface area contributed by atoms with Crippen LogP contribution >= 0.6 is 11.6 Å². The molecule has 2 unspecified atom stereocenters. The SMILES string of the molecule is CC(C)[NH+]1CC=C2[C@H](C1)[C@H](c1ccccc1Cl)C(=N)C(C#N)C2(C#N)C#N. The summed E-state index contributed by atoms with van der Waals surface area (Å²) in [6, 6.07) is 14.0. The van der Waals surface area contributed by atoms with E-state index in [1.165, 1.54) is 4.90 Å². The van der Waals surface area contributed by atoms with Gasteiger partial charge < -0.3 is 10.3 Å². The molecule has 1 heterocycles. The van der Waals surface area contributed by atoms with Crippen LogP contribution in [0.1, 0.15) is 25.3 Å². The lowest BCUT2D eigenvalue weighted by Gasteiger charge is -2.46. The zero-order valence-electron chi connectivity index (χ0n) is 15.3. The minimum atomic E-state index is -1.60. The molecule has 2 N–H and O–H groups in total. The maximum absolute atomic E-state index is 9.89. The van der Waals surface area contributed by atoms with E-state index in [0.717, 1.165) is 5.56 Å². The normalized spacial score (nSPS) is 29.1. The zero-order valence-corrected chi connectivity index (χ0v) is 16.1. The topological polar surface area (TPSA) is 99.7 Å². The van der Waals surface area contributed by atoms with Gasteiger partial charge in [0.25, 0.3) is 0 Å². The smallest absolute Gasteiger partial charge is 0.186 e. The second kappa shape index (κ2) is 7.16. The first-order valence-corrected chi connectivity index (χ1v) is 9.39. The third-order valence-electron chi connectivity index (χ3n) is 5.94. The summed E-state index contributed by atoms with van der Waals surface area (Å²) in [6.45, 7) is 5.67. The van der Waals surface area contributed by atoms with Crippen LogP contribution in [0.2, 0.25) is 5.02 Å². The fraction of sp³-hybridized carbons (Fsp3) is 0.429. The van der Waals surface area contributed by atoms with Crippen LogP contribution in [0.15, 0.2) is 35.9 Å². The Balaban J connectivity index is 2.24. The van der Waals surface area contributed by atoms with Crippen molar-refractivity contribution in [3.8, 4) is 18.2 Å². The van der Waals surface area contributed by atoms with E-state index < -0.39 is 17.3 Å². The summed E-state index contributed by atoms with van der Waals surface area (Å²) in [6.07, 6.45) is 1.95. The second-order valence-corrected chi connectivity index (χ2v) is 7.94. The van der Waals surface area contributed by atoms with Crippen molar-refractivity contribution in [2.75, 3.05) is 13.1 Å². The van der Waals surface area contributed by atoms with Gasteiger partial charge in [-0.3, -0.25) is 0 Å². The molecule has 0 bridgehead atoms. The molecule has 2 aliphatic rings. The molecule has 136 valence electrons. The first-order chi connectivity index (χ1) is 12.9. The molecule has 1 aliphatic carbocycles. The number of hydrogen-bond donors (Lipinski definition) is 2. The molecule has 0 radical (unpaired) electrons. The largest absolute Gasteiger partial charge is 0.329 e. The van der Waals surface area contributed by atoms with Gasteiger partial charge in [0.1, 0.15) is 5.92 Å². The van der Waals surface area contributed by atoms with Crippen molar-refractivity contribution in [1.82, 2.24) is 0 Å². The maximum atomic E-state index is 9.89. The average molecular weight is 379 g/mol. The summed E-state index contributed by atoms with van der Waals surface area (Å²) >= 11 is 6.45. The van der Waals surface area contributed by atoms with Crippen molar-refractivity contribution < 1.29 is 4.90 Å². The van der Waals surface area contributed by atoms with Crippen LogP contribution in [0.3, 0.4) is 0 Å². The summed E-state index contributed by atoms with van der Waals surface area (Å²) in [5.41, 5.74) is -0.0171. The van der Waals surface area contributed by atoms with E-state index in [9.17, 15) is 15.8 Å².